The minimum atomic E-state index is -0.557. The zero-order chi connectivity index (χ0) is 22.5. The molecule has 0 saturated heterocycles. The van der Waals surface area contributed by atoms with E-state index in [1.54, 1.807) is 25.3 Å². The Morgan fingerprint density at radius 1 is 1.23 bits per heavy atom. The summed E-state index contributed by atoms with van der Waals surface area (Å²) in [7, 11) is 0. The Morgan fingerprint density at radius 3 is 2.61 bits per heavy atom. The maximum atomic E-state index is 11.6. The van der Waals surface area contributed by atoms with Gasteiger partial charge in [0, 0.05) is 30.1 Å². The third kappa shape index (κ3) is 5.49. The fourth-order valence-corrected chi connectivity index (χ4v) is 4.35. The Hall–Kier alpha value is -3.20. The van der Waals surface area contributed by atoms with Gasteiger partial charge < -0.3 is 9.30 Å². The molecule has 31 heavy (non-hydrogen) atoms. The average Bonchev–Trinajstić information content (AvgIpc) is 3.07. The van der Waals surface area contributed by atoms with Gasteiger partial charge in [-0.3, -0.25) is 19.9 Å². The van der Waals surface area contributed by atoms with E-state index < -0.39 is 11.0 Å². The minimum absolute atomic E-state index is 0.0281. The number of ether oxygens (including phenoxy) is 1. The minimum Gasteiger partial charge on any atom is -0.455 e. The summed E-state index contributed by atoms with van der Waals surface area (Å²) in [5.74, 6) is 0.311. The summed E-state index contributed by atoms with van der Waals surface area (Å²) in [6.45, 7) is 7.64. The number of non-ortho nitro benzene ring substituents is 1. The van der Waals surface area contributed by atoms with Crippen molar-refractivity contribution in [2.24, 2.45) is 0 Å². The highest BCUT2D eigenvalue weighted by Crippen LogP contribution is 2.38. The molecule has 3 aromatic rings. The first-order valence-corrected chi connectivity index (χ1v) is 10.7. The number of aromatic nitrogens is 3. The van der Waals surface area contributed by atoms with E-state index in [0.717, 1.165) is 21.3 Å². The molecule has 9 heteroatoms. The number of carbonyl (C=O) groups excluding carboxylic acids is 1. The van der Waals surface area contributed by atoms with Crippen LogP contribution in [0.5, 0.6) is 0 Å². The number of hydrogen-bond donors (Lipinski definition) is 0. The number of nitro benzene ring substituents is 1. The van der Waals surface area contributed by atoms with Gasteiger partial charge in [0.25, 0.3) is 5.69 Å². The number of pyridine rings is 1. The van der Waals surface area contributed by atoms with Gasteiger partial charge in [-0.15, -0.1) is 0 Å². The summed E-state index contributed by atoms with van der Waals surface area (Å²) in [5, 5.41) is 12.0. The molecule has 0 spiro atoms. The van der Waals surface area contributed by atoms with Gasteiger partial charge in [0.15, 0.2) is 11.9 Å². The largest absolute Gasteiger partial charge is 0.455 e. The third-order valence-corrected chi connectivity index (χ3v) is 5.63. The monoisotopic (exact) mass is 440 g/mol. The number of nitrogens with zero attached hydrogens (tertiary/aromatic N) is 4. The summed E-state index contributed by atoms with van der Waals surface area (Å²) in [6, 6.07) is 12.2. The zero-order valence-electron chi connectivity index (χ0n) is 17.8. The molecule has 0 aliphatic carbocycles. The lowest BCUT2D eigenvalue weighted by Crippen LogP contribution is -2.14. The molecule has 0 aliphatic rings. The molecule has 2 aromatic heterocycles. The lowest BCUT2D eigenvalue weighted by atomic mass is 10.1. The van der Waals surface area contributed by atoms with Crippen LogP contribution in [0, 0.1) is 10.1 Å². The van der Waals surface area contributed by atoms with Gasteiger partial charge in [-0.25, -0.2) is 4.98 Å². The van der Waals surface area contributed by atoms with E-state index in [1.165, 1.54) is 24.8 Å². The number of esters is 1. The van der Waals surface area contributed by atoms with Gasteiger partial charge in [-0.05, 0) is 31.0 Å². The van der Waals surface area contributed by atoms with E-state index in [9.17, 15) is 14.9 Å². The molecule has 1 unspecified atom stereocenters. The topological polar surface area (TPSA) is 100 Å². The summed E-state index contributed by atoms with van der Waals surface area (Å²) in [5.41, 5.74) is 1.69. The van der Waals surface area contributed by atoms with E-state index in [1.807, 2.05) is 42.7 Å². The van der Waals surface area contributed by atoms with Crippen LogP contribution in [0.4, 0.5) is 5.69 Å². The van der Waals surface area contributed by atoms with Crippen molar-refractivity contribution in [3.8, 4) is 0 Å². The highest BCUT2D eigenvalue weighted by Gasteiger charge is 2.25. The zero-order valence-corrected chi connectivity index (χ0v) is 18.6. The van der Waals surface area contributed by atoms with E-state index in [-0.39, 0.29) is 17.6 Å². The Morgan fingerprint density at radius 2 is 2.00 bits per heavy atom. The van der Waals surface area contributed by atoms with E-state index in [2.05, 4.69) is 4.98 Å². The van der Waals surface area contributed by atoms with Crippen molar-refractivity contribution in [2.45, 2.75) is 56.2 Å². The maximum absolute atomic E-state index is 11.6. The van der Waals surface area contributed by atoms with Gasteiger partial charge >= 0.3 is 5.97 Å². The maximum Gasteiger partial charge on any atom is 0.303 e. The number of hydrogen-bond acceptors (Lipinski definition) is 7. The summed E-state index contributed by atoms with van der Waals surface area (Å²) in [4.78, 5) is 32.3. The molecule has 162 valence electrons. The molecule has 0 bridgehead atoms. The number of rotatable bonds is 8. The predicted molar refractivity (Wildman–Crippen MR) is 117 cm³/mol. The average molecular weight is 441 g/mol. The van der Waals surface area contributed by atoms with Gasteiger partial charge in [-0.2, -0.15) is 0 Å². The fraction of sp³-hybridized carbons (Fsp3) is 0.318. The summed E-state index contributed by atoms with van der Waals surface area (Å²) in [6.07, 6.45) is 1.16. The van der Waals surface area contributed by atoms with Crippen LogP contribution in [0.2, 0.25) is 0 Å². The molecule has 1 aromatic carbocycles. The van der Waals surface area contributed by atoms with Gasteiger partial charge in [-0.1, -0.05) is 37.7 Å². The molecule has 1 atom stereocenters. The van der Waals surface area contributed by atoms with Crippen LogP contribution < -0.4 is 0 Å². The first-order chi connectivity index (χ1) is 14.8. The molecule has 0 fully saturated rings. The van der Waals surface area contributed by atoms with Crippen molar-refractivity contribution < 1.29 is 14.5 Å². The lowest BCUT2D eigenvalue weighted by molar-refractivity contribution is -0.385. The molecule has 3 rings (SSSR count). The van der Waals surface area contributed by atoms with Gasteiger partial charge in [0.05, 0.1) is 22.9 Å². The first-order valence-electron chi connectivity index (χ1n) is 9.86. The third-order valence-electron chi connectivity index (χ3n) is 4.52. The number of benzene rings is 1. The predicted octanol–water partition coefficient (Wildman–Crippen LogP) is 5.13. The lowest BCUT2D eigenvalue weighted by Gasteiger charge is -2.16. The number of nitro groups is 1. The second-order valence-corrected chi connectivity index (χ2v) is 8.39. The molecule has 2 heterocycles. The second kappa shape index (κ2) is 9.74. The van der Waals surface area contributed by atoms with Crippen LogP contribution >= 0.6 is 11.8 Å². The van der Waals surface area contributed by atoms with Crippen LogP contribution in [-0.2, 0) is 16.1 Å². The van der Waals surface area contributed by atoms with E-state index in [4.69, 9.17) is 9.72 Å². The van der Waals surface area contributed by atoms with Crippen LogP contribution in [0.25, 0.3) is 0 Å². The number of imidazole rings is 1. The van der Waals surface area contributed by atoms with Crippen molar-refractivity contribution in [2.75, 3.05) is 0 Å². The van der Waals surface area contributed by atoms with Gasteiger partial charge in [0.2, 0.25) is 0 Å². The second-order valence-electron chi connectivity index (χ2n) is 7.33. The Kier molecular flexibility index (Phi) is 7.06. The Balaban J connectivity index is 2.12. The van der Waals surface area contributed by atoms with Crippen LogP contribution in [0.1, 0.15) is 56.9 Å². The molecule has 0 N–H and O–H groups in total. The van der Waals surface area contributed by atoms with Gasteiger partial charge in [0.1, 0.15) is 5.03 Å². The summed E-state index contributed by atoms with van der Waals surface area (Å²) < 4.78 is 7.40. The number of carbonyl (C=O) groups is 1. The highest BCUT2D eigenvalue weighted by molar-refractivity contribution is 7.99. The molecule has 0 radical (unpaired) electrons. The fourth-order valence-electron chi connectivity index (χ4n) is 3.15. The van der Waals surface area contributed by atoms with Crippen molar-refractivity contribution >= 4 is 23.4 Å². The SMILES string of the molecule is CC(=O)OC(C)c1nc(C(C)C)c(Sc2cccc([N+](=O)[O-])c2)n1Cc1ccccn1. The van der Waals surface area contributed by atoms with E-state index >= 15 is 0 Å². The molecular weight excluding hydrogens is 416 g/mol. The first kappa shape index (κ1) is 22.5. The van der Waals surface area contributed by atoms with Crippen LogP contribution in [-0.4, -0.2) is 25.4 Å². The van der Waals surface area contributed by atoms with Crippen LogP contribution in [0.15, 0.2) is 58.6 Å². The summed E-state index contributed by atoms with van der Waals surface area (Å²) >= 11 is 1.40. The standard InChI is InChI=1S/C22H24N4O4S/c1-14(2)20-22(31-19-10-7-9-18(12-19)26(28)29)25(13-17-8-5-6-11-23-17)21(24-20)15(3)30-16(4)27/h5-12,14-15H,13H2,1-4H3. The normalized spacial score (nSPS) is 12.0. The smallest absolute Gasteiger partial charge is 0.303 e. The molecule has 0 aliphatic heterocycles. The van der Waals surface area contributed by atoms with Crippen molar-refractivity contribution in [1.29, 1.82) is 0 Å². The van der Waals surface area contributed by atoms with Crippen LogP contribution in [0.3, 0.4) is 0 Å². The van der Waals surface area contributed by atoms with Crippen molar-refractivity contribution in [3.05, 3.63) is 76.0 Å². The van der Waals surface area contributed by atoms with Crippen molar-refractivity contribution in [1.82, 2.24) is 14.5 Å². The quantitative estimate of drug-likeness (QED) is 0.272. The molecular formula is C22H24N4O4S. The highest BCUT2D eigenvalue weighted by atomic mass is 32.2. The molecule has 0 amide bonds. The molecule has 0 saturated carbocycles. The van der Waals surface area contributed by atoms with Crippen molar-refractivity contribution in [3.63, 3.8) is 0 Å². The van der Waals surface area contributed by atoms with E-state index in [0.29, 0.717) is 12.4 Å². The Labute approximate surface area is 184 Å². The molecule has 8 nitrogen and oxygen atoms in total. The Bertz CT molecular complexity index is 1080.